The van der Waals surface area contributed by atoms with Gasteiger partial charge in [-0.2, -0.15) is 0 Å². The number of piperidine rings is 1. The highest BCUT2D eigenvalue weighted by Crippen LogP contribution is 2.39. The molecule has 27 heavy (non-hydrogen) atoms. The summed E-state index contributed by atoms with van der Waals surface area (Å²) in [7, 11) is 0. The monoisotopic (exact) mass is 407 g/mol. The van der Waals surface area contributed by atoms with Crippen molar-refractivity contribution in [2.24, 2.45) is 5.73 Å². The lowest BCUT2D eigenvalue weighted by Crippen LogP contribution is -2.29. The third-order valence-corrected chi connectivity index (χ3v) is 5.27. The zero-order valence-corrected chi connectivity index (χ0v) is 16.9. The SMILES string of the molecule is Cl.Cl.N[C@@H]1C[C@H]1c1ccc(NC(=O)c2cccc(N3CCCCC3)c2)cc1. The molecule has 146 valence electrons. The average molecular weight is 408 g/mol. The number of hydrogen-bond donors (Lipinski definition) is 2. The summed E-state index contributed by atoms with van der Waals surface area (Å²) in [5.74, 6) is 0.431. The highest BCUT2D eigenvalue weighted by molar-refractivity contribution is 6.04. The number of anilines is 2. The molecule has 2 aliphatic rings. The van der Waals surface area contributed by atoms with E-state index in [1.54, 1.807) is 0 Å². The van der Waals surface area contributed by atoms with Crippen molar-refractivity contribution in [3.63, 3.8) is 0 Å². The first kappa shape index (κ1) is 21.5. The summed E-state index contributed by atoms with van der Waals surface area (Å²) in [6, 6.07) is 16.3. The van der Waals surface area contributed by atoms with Crippen LogP contribution in [-0.2, 0) is 0 Å². The van der Waals surface area contributed by atoms with Gasteiger partial charge in [0, 0.05) is 42.0 Å². The van der Waals surface area contributed by atoms with Crippen molar-refractivity contribution >= 4 is 42.1 Å². The molecule has 6 heteroatoms. The van der Waals surface area contributed by atoms with Crippen LogP contribution in [0.1, 0.15) is 47.5 Å². The molecule has 0 aromatic heterocycles. The normalized spacial score (nSPS) is 20.9. The highest BCUT2D eigenvalue weighted by atomic mass is 35.5. The second-order valence-electron chi connectivity index (χ2n) is 7.18. The third-order valence-electron chi connectivity index (χ3n) is 5.27. The number of carbonyl (C=O) groups is 1. The minimum Gasteiger partial charge on any atom is -0.372 e. The van der Waals surface area contributed by atoms with Crippen LogP contribution in [0.15, 0.2) is 48.5 Å². The van der Waals surface area contributed by atoms with Gasteiger partial charge in [0.05, 0.1) is 0 Å². The molecule has 0 bridgehead atoms. The summed E-state index contributed by atoms with van der Waals surface area (Å²) in [5, 5.41) is 3.00. The van der Waals surface area contributed by atoms with E-state index in [0.717, 1.165) is 30.9 Å². The van der Waals surface area contributed by atoms with Crippen molar-refractivity contribution in [1.82, 2.24) is 0 Å². The molecule has 2 aromatic rings. The standard InChI is InChI=1S/C21H25N3O.2ClH/c22-20-14-19(20)15-7-9-17(10-8-15)23-21(25)16-5-4-6-18(13-16)24-11-2-1-3-12-24;;/h4-10,13,19-20H,1-3,11-12,14,22H2,(H,23,25);2*1H/t19-,20+;;/m0../s1. The zero-order valence-electron chi connectivity index (χ0n) is 15.3. The van der Waals surface area contributed by atoms with Crippen molar-refractivity contribution in [3.05, 3.63) is 59.7 Å². The summed E-state index contributed by atoms with van der Waals surface area (Å²) in [6.07, 6.45) is 4.83. The van der Waals surface area contributed by atoms with E-state index in [1.165, 1.54) is 24.8 Å². The van der Waals surface area contributed by atoms with Gasteiger partial charge in [-0.05, 0) is 61.6 Å². The molecular weight excluding hydrogens is 381 g/mol. The molecular formula is C21H27Cl2N3O. The van der Waals surface area contributed by atoms with Crippen LogP contribution in [0, 0.1) is 0 Å². The van der Waals surface area contributed by atoms with Gasteiger partial charge < -0.3 is 16.0 Å². The van der Waals surface area contributed by atoms with E-state index in [0.29, 0.717) is 17.5 Å². The van der Waals surface area contributed by atoms with Gasteiger partial charge >= 0.3 is 0 Å². The minimum atomic E-state index is -0.0604. The lowest BCUT2D eigenvalue weighted by Gasteiger charge is -2.29. The third kappa shape index (κ3) is 5.16. The Morgan fingerprint density at radius 1 is 1.00 bits per heavy atom. The number of hydrogen-bond acceptors (Lipinski definition) is 3. The number of halogens is 2. The maximum atomic E-state index is 12.6. The number of carbonyl (C=O) groups excluding carboxylic acids is 1. The van der Waals surface area contributed by atoms with Crippen LogP contribution in [0.2, 0.25) is 0 Å². The van der Waals surface area contributed by atoms with Crippen LogP contribution in [0.25, 0.3) is 0 Å². The summed E-state index contributed by atoms with van der Waals surface area (Å²) in [5.41, 5.74) is 9.83. The van der Waals surface area contributed by atoms with E-state index in [4.69, 9.17) is 5.73 Å². The van der Waals surface area contributed by atoms with Gasteiger partial charge in [-0.15, -0.1) is 24.8 Å². The van der Waals surface area contributed by atoms with E-state index in [-0.39, 0.29) is 30.7 Å². The molecule has 0 unspecified atom stereocenters. The van der Waals surface area contributed by atoms with Gasteiger partial charge in [-0.1, -0.05) is 18.2 Å². The van der Waals surface area contributed by atoms with Crippen molar-refractivity contribution < 1.29 is 4.79 Å². The van der Waals surface area contributed by atoms with Crippen molar-refractivity contribution in [3.8, 4) is 0 Å². The van der Waals surface area contributed by atoms with Gasteiger partial charge in [-0.3, -0.25) is 4.79 Å². The Hall–Kier alpha value is -1.75. The molecule has 3 N–H and O–H groups in total. The van der Waals surface area contributed by atoms with Crippen LogP contribution in [-0.4, -0.2) is 25.0 Å². The second-order valence-corrected chi connectivity index (χ2v) is 7.18. The highest BCUT2D eigenvalue weighted by Gasteiger charge is 2.34. The molecule has 2 atom stereocenters. The fourth-order valence-corrected chi connectivity index (χ4v) is 3.61. The van der Waals surface area contributed by atoms with Gasteiger partial charge in [0.15, 0.2) is 0 Å². The Labute approximate surface area is 173 Å². The number of benzene rings is 2. The smallest absolute Gasteiger partial charge is 0.255 e. The Bertz CT molecular complexity index is 760. The molecule has 4 nitrogen and oxygen atoms in total. The Kier molecular flexibility index (Phi) is 7.54. The van der Waals surface area contributed by atoms with Crippen LogP contribution in [0.5, 0.6) is 0 Å². The van der Waals surface area contributed by atoms with Gasteiger partial charge in [0.1, 0.15) is 0 Å². The van der Waals surface area contributed by atoms with Crippen molar-refractivity contribution in [1.29, 1.82) is 0 Å². The predicted molar refractivity (Wildman–Crippen MR) is 117 cm³/mol. The van der Waals surface area contributed by atoms with E-state index in [1.807, 2.05) is 30.3 Å². The molecule has 2 fully saturated rings. The Balaban J connectivity index is 0.00000131. The summed E-state index contributed by atoms with van der Waals surface area (Å²) in [6.45, 7) is 2.16. The van der Waals surface area contributed by atoms with E-state index in [2.05, 4.69) is 28.4 Å². The summed E-state index contributed by atoms with van der Waals surface area (Å²) >= 11 is 0. The topological polar surface area (TPSA) is 58.4 Å². The minimum absolute atomic E-state index is 0. The lowest BCUT2D eigenvalue weighted by molar-refractivity contribution is 0.102. The first-order valence-corrected chi connectivity index (χ1v) is 9.22. The first-order chi connectivity index (χ1) is 12.2. The van der Waals surface area contributed by atoms with Crippen molar-refractivity contribution in [2.45, 2.75) is 37.6 Å². The van der Waals surface area contributed by atoms with Gasteiger partial charge in [-0.25, -0.2) is 0 Å². The molecule has 1 amide bonds. The fourth-order valence-electron chi connectivity index (χ4n) is 3.61. The van der Waals surface area contributed by atoms with Crippen LogP contribution in [0.4, 0.5) is 11.4 Å². The molecule has 0 spiro atoms. The van der Waals surface area contributed by atoms with Crippen molar-refractivity contribution in [2.75, 3.05) is 23.3 Å². The molecule has 1 aliphatic carbocycles. The Morgan fingerprint density at radius 2 is 1.67 bits per heavy atom. The molecule has 0 radical (unpaired) electrons. The quantitative estimate of drug-likeness (QED) is 0.778. The maximum Gasteiger partial charge on any atom is 0.255 e. The molecule has 4 rings (SSSR count). The molecule has 2 aromatic carbocycles. The summed E-state index contributed by atoms with van der Waals surface area (Å²) < 4.78 is 0. The second kappa shape index (κ2) is 9.45. The average Bonchev–Trinajstić information content (AvgIpc) is 3.40. The van der Waals surface area contributed by atoms with Gasteiger partial charge in [0.2, 0.25) is 0 Å². The number of rotatable bonds is 4. The predicted octanol–water partition coefficient (Wildman–Crippen LogP) is 4.59. The van der Waals surface area contributed by atoms with E-state index >= 15 is 0 Å². The van der Waals surface area contributed by atoms with Gasteiger partial charge in [0.25, 0.3) is 5.91 Å². The largest absolute Gasteiger partial charge is 0.372 e. The van der Waals surface area contributed by atoms with E-state index < -0.39 is 0 Å². The zero-order chi connectivity index (χ0) is 17.2. The van der Waals surface area contributed by atoms with Crippen LogP contribution >= 0.6 is 24.8 Å². The maximum absolute atomic E-state index is 12.6. The molecule has 1 heterocycles. The fraction of sp³-hybridized carbons (Fsp3) is 0.381. The van der Waals surface area contributed by atoms with Crippen LogP contribution in [0.3, 0.4) is 0 Å². The number of nitrogens with two attached hydrogens (primary N) is 1. The first-order valence-electron chi connectivity index (χ1n) is 9.22. The molecule has 1 saturated carbocycles. The number of nitrogens with zero attached hydrogens (tertiary/aromatic N) is 1. The molecule has 1 aliphatic heterocycles. The number of nitrogens with one attached hydrogen (secondary N) is 1. The molecule has 1 saturated heterocycles. The van der Waals surface area contributed by atoms with E-state index in [9.17, 15) is 4.79 Å². The Morgan fingerprint density at radius 3 is 2.30 bits per heavy atom. The lowest BCUT2D eigenvalue weighted by atomic mass is 10.1. The van der Waals surface area contributed by atoms with Crippen LogP contribution < -0.4 is 16.0 Å². The summed E-state index contributed by atoms with van der Waals surface area (Å²) in [4.78, 5) is 15.0. The number of amides is 1.